The van der Waals surface area contributed by atoms with Gasteiger partial charge in [-0.15, -0.1) is 11.3 Å². The van der Waals surface area contributed by atoms with Gasteiger partial charge in [0, 0.05) is 26.4 Å². The molecular formula is C17H18N4S3. The molecule has 0 bridgehead atoms. The number of thiazole rings is 1. The lowest BCUT2D eigenvalue weighted by molar-refractivity contribution is 0.702. The lowest BCUT2D eigenvalue weighted by atomic mass is 10.2. The average molecular weight is 375 g/mol. The highest BCUT2D eigenvalue weighted by atomic mass is 32.2. The molecule has 0 aliphatic rings. The second kappa shape index (κ2) is 8.04. The first-order valence-electron chi connectivity index (χ1n) is 7.29. The van der Waals surface area contributed by atoms with Gasteiger partial charge in [-0.3, -0.25) is 9.44 Å². The average Bonchev–Trinajstić information content (AvgIpc) is 3.04. The summed E-state index contributed by atoms with van der Waals surface area (Å²) in [6.07, 6.45) is 0. The zero-order chi connectivity index (χ0) is 16.9. The number of benzene rings is 2. The number of aromatic nitrogens is 1. The standard InChI is InChI=1S/C17H18N4S3/c1-21(2)24-15-7-3-12(4-8-15)16-11-22-17(20-16)19-13-5-9-14(23-18)10-6-13/h3-11H,18H2,1-2H3,(H,19,20). The van der Waals surface area contributed by atoms with Crippen LogP contribution in [0.2, 0.25) is 0 Å². The van der Waals surface area contributed by atoms with Crippen molar-refractivity contribution < 1.29 is 0 Å². The van der Waals surface area contributed by atoms with Crippen molar-refractivity contribution in [3.8, 4) is 11.3 Å². The van der Waals surface area contributed by atoms with Crippen LogP contribution in [0.3, 0.4) is 0 Å². The maximum absolute atomic E-state index is 5.54. The molecule has 0 spiro atoms. The first kappa shape index (κ1) is 17.3. The van der Waals surface area contributed by atoms with E-state index in [9.17, 15) is 0 Å². The third-order valence-electron chi connectivity index (χ3n) is 3.18. The van der Waals surface area contributed by atoms with Crippen LogP contribution in [0.5, 0.6) is 0 Å². The molecule has 0 unspecified atom stereocenters. The van der Waals surface area contributed by atoms with Crippen molar-refractivity contribution in [1.29, 1.82) is 0 Å². The van der Waals surface area contributed by atoms with Gasteiger partial charge in [-0.25, -0.2) is 4.98 Å². The van der Waals surface area contributed by atoms with Crippen molar-refractivity contribution in [2.24, 2.45) is 5.14 Å². The Hall–Kier alpha value is -1.51. The molecule has 3 N–H and O–H groups in total. The molecule has 2 aromatic carbocycles. The van der Waals surface area contributed by atoms with Crippen molar-refractivity contribution >= 4 is 46.1 Å². The van der Waals surface area contributed by atoms with Crippen LogP contribution >= 0.6 is 35.2 Å². The van der Waals surface area contributed by atoms with Gasteiger partial charge in [0.1, 0.15) is 0 Å². The Morgan fingerprint density at radius 1 is 1.00 bits per heavy atom. The number of hydrogen-bond donors (Lipinski definition) is 2. The molecule has 0 fully saturated rings. The fourth-order valence-corrected chi connectivity index (χ4v) is 3.81. The summed E-state index contributed by atoms with van der Waals surface area (Å²) in [4.78, 5) is 6.93. The summed E-state index contributed by atoms with van der Waals surface area (Å²) in [7, 11) is 4.07. The van der Waals surface area contributed by atoms with Crippen LogP contribution in [0.25, 0.3) is 11.3 Å². The Bertz CT molecular complexity index is 782. The molecule has 1 heterocycles. The smallest absolute Gasteiger partial charge is 0.187 e. The van der Waals surface area contributed by atoms with E-state index < -0.39 is 0 Å². The largest absolute Gasteiger partial charge is 0.332 e. The van der Waals surface area contributed by atoms with Crippen LogP contribution in [-0.2, 0) is 0 Å². The molecule has 0 aliphatic heterocycles. The Morgan fingerprint density at radius 3 is 2.29 bits per heavy atom. The van der Waals surface area contributed by atoms with E-state index in [1.807, 2.05) is 38.4 Å². The van der Waals surface area contributed by atoms with Gasteiger partial charge in [0.25, 0.3) is 0 Å². The first-order valence-corrected chi connectivity index (χ1v) is 9.82. The lowest BCUT2D eigenvalue weighted by Gasteiger charge is -2.08. The summed E-state index contributed by atoms with van der Waals surface area (Å²) < 4.78 is 2.08. The molecule has 4 nitrogen and oxygen atoms in total. The molecule has 0 aliphatic carbocycles. The molecular weight excluding hydrogens is 356 g/mol. The summed E-state index contributed by atoms with van der Waals surface area (Å²) in [5.41, 5.74) is 3.11. The van der Waals surface area contributed by atoms with E-state index in [0.29, 0.717) is 0 Å². The second-order valence-electron chi connectivity index (χ2n) is 5.23. The SMILES string of the molecule is CN(C)Sc1ccc(-c2csc(Nc3ccc(SN)cc3)n2)cc1. The van der Waals surface area contributed by atoms with E-state index in [1.54, 1.807) is 23.3 Å². The van der Waals surface area contributed by atoms with Gasteiger partial charge in [-0.1, -0.05) is 12.1 Å². The number of hydrogen-bond acceptors (Lipinski definition) is 7. The fraction of sp³-hybridized carbons (Fsp3) is 0.118. The van der Waals surface area contributed by atoms with Crippen LogP contribution in [0.1, 0.15) is 0 Å². The molecule has 0 atom stereocenters. The Labute approximate surface area is 154 Å². The molecule has 0 saturated heterocycles. The number of nitrogens with one attached hydrogen (secondary N) is 1. The maximum atomic E-state index is 5.54. The predicted molar refractivity (Wildman–Crippen MR) is 107 cm³/mol. The van der Waals surface area contributed by atoms with Crippen molar-refractivity contribution in [3.05, 3.63) is 53.9 Å². The van der Waals surface area contributed by atoms with Crippen molar-refractivity contribution in [3.63, 3.8) is 0 Å². The molecule has 0 amide bonds. The number of nitrogens with two attached hydrogens (primary N) is 1. The normalized spacial score (nSPS) is 11.0. The van der Waals surface area contributed by atoms with Crippen LogP contribution in [0.4, 0.5) is 10.8 Å². The van der Waals surface area contributed by atoms with E-state index >= 15 is 0 Å². The number of nitrogens with zero attached hydrogens (tertiary/aromatic N) is 2. The minimum Gasteiger partial charge on any atom is -0.332 e. The fourth-order valence-electron chi connectivity index (χ4n) is 2.10. The summed E-state index contributed by atoms with van der Waals surface area (Å²) in [5.74, 6) is 0. The van der Waals surface area contributed by atoms with E-state index in [2.05, 4.69) is 44.3 Å². The number of rotatable bonds is 6. The van der Waals surface area contributed by atoms with Crippen LogP contribution in [0.15, 0.2) is 63.7 Å². The highest BCUT2D eigenvalue weighted by molar-refractivity contribution is 7.97. The number of anilines is 2. The van der Waals surface area contributed by atoms with Crippen LogP contribution in [-0.4, -0.2) is 23.4 Å². The van der Waals surface area contributed by atoms with Gasteiger partial charge < -0.3 is 5.32 Å². The molecule has 7 heteroatoms. The zero-order valence-corrected chi connectivity index (χ0v) is 15.8. The maximum Gasteiger partial charge on any atom is 0.187 e. The van der Waals surface area contributed by atoms with Gasteiger partial charge in [0.2, 0.25) is 0 Å². The lowest BCUT2D eigenvalue weighted by Crippen LogP contribution is -1.98. The van der Waals surface area contributed by atoms with Gasteiger partial charge in [0.15, 0.2) is 5.13 Å². The van der Waals surface area contributed by atoms with Gasteiger partial charge in [0.05, 0.1) is 5.69 Å². The minimum atomic E-state index is 0.880. The predicted octanol–water partition coefficient (Wildman–Crippen LogP) is 5.09. The van der Waals surface area contributed by atoms with Crippen LogP contribution in [0, 0.1) is 0 Å². The molecule has 0 saturated carbocycles. The van der Waals surface area contributed by atoms with E-state index in [0.717, 1.165) is 27.0 Å². The molecule has 1 aromatic heterocycles. The monoisotopic (exact) mass is 374 g/mol. The first-order chi connectivity index (χ1) is 11.6. The quantitative estimate of drug-likeness (QED) is 0.586. The highest BCUT2D eigenvalue weighted by Gasteiger charge is 2.06. The van der Waals surface area contributed by atoms with Crippen molar-refractivity contribution in [2.45, 2.75) is 9.79 Å². The van der Waals surface area contributed by atoms with Crippen molar-refractivity contribution in [2.75, 3.05) is 19.4 Å². The van der Waals surface area contributed by atoms with E-state index in [1.165, 1.54) is 16.8 Å². The van der Waals surface area contributed by atoms with Gasteiger partial charge >= 0.3 is 0 Å². The van der Waals surface area contributed by atoms with Crippen LogP contribution < -0.4 is 10.5 Å². The molecule has 3 aromatic rings. The summed E-state index contributed by atoms with van der Waals surface area (Å²) in [5, 5.41) is 11.8. The Balaban J connectivity index is 1.70. The van der Waals surface area contributed by atoms with Gasteiger partial charge in [-0.2, -0.15) is 0 Å². The highest BCUT2D eigenvalue weighted by Crippen LogP contribution is 2.29. The van der Waals surface area contributed by atoms with Gasteiger partial charge in [-0.05, 0) is 74.4 Å². The third-order valence-corrected chi connectivity index (χ3v) is 5.33. The second-order valence-corrected chi connectivity index (χ2v) is 8.18. The molecule has 3 rings (SSSR count). The summed E-state index contributed by atoms with van der Waals surface area (Å²) in [6.45, 7) is 0. The topological polar surface area (TPSA) is 54.2 Å². The zero-order valence-electron chi connectivity index (χ0n) is 13.4. The van der Waals surface area contributed by atoms with Crippen molar-refractivity contribution in [1.82, 2.24) is 9.29 Å². The van der Waals surface area contributed by atoms with E-state index in [-0.39, 0.29) is 0 Å². The summed E-state index contributed by atoms with van der Waals surface area (Å²) in [6, 6.07) is 16.4. The Morgan fingerprint density at radius 2 is 1.67 bits per heavy atom. The molecule has 0 radical (unpaired) electrons. The third kappa shape index (κ3) is 4.52. The van der Waals surface area contributed by atoms with E-state index in [4.69, 9.17) is 5.14 Å². The molecule has 124 valence electrons. The summed E-state index contributed by atoms with van der Waals surface area (Å²) >= 11 is 4.55. The minimum absolute atomic E-state index is 0.880. The Kier molecular flexibility index (Phi) is 5.80. The molecule has 24 heavy (non-hydrogen) atoms.